The van der Waals surface area contributed by atoms with E-state index in [2.05, 4.69) is 11.1 Å². The van der Waals surface area contributed by atoms with Gasteiger partial charge in [0.15, 0.2) is 5.69 Å². The fraction of sp³-hybridized carbons (Fsp3) is 0.500. The molecule has 1 aromatic heterocycles. The van der Waals surface area contributed by atoms with Crippen LogP contribution in [0.1, 0.15) is 5.69 Å². The summed E-state index contributed by atoms with van der Waals surface area (Å²) in [7, 11) is 3.31. The summed E-state index contributed by atoms with van der Waals surface area (Å²) in [6, 6.07) is 5.80. The van der Waals surface area contributed by atoms with Crippen LogP contribution in [-0.4, -0.2) is 45.5 Å². The van der Waals surface area contributed by atoms with Gasteiger partial charge < -0.3 is 14.4 Å². The Labute approximate surface area is 102 Å². The first-order chi connectivity index (χ1) is 8.33. The second-order valence-electron chi connectivity index (χ2n) is 3.46. The number of anilines is 1. The van der Waals surface area contributed by atoms with Crippen LogP contribution >= 0.6 is 0 Å². The average Bonchev–Trinajstić information content (AvgIpc) is 2.39. The maximum Gasteiger partial charge on any atom is 0.163 e. The van der Waals surface area contributed by atoms with Gasteiger partial charge in [0.25, 0.3) is 0 Å². The van der Waals surface area contributed by atoms with Crippen molar-refractivity contribution in [2.75, 3.05) is 45.4 Å². The van der Waals surface area contributed by atoms with Gasteiger partial charge in [-0.25, -0.2) is 4.98 Å². The minimum absolute atomic E-state index is 0.430. The van der Waals surface area contributed by atoms with E-state index >= 15 is 0 Å². The molecule has 0 saturated carbocycles. The Morgan fingerprint density at radius 1 is 1.29 bits per heavy atom. The fourth-order valence-corrected chi connectivity index (χ4v) is 1.49. The van der Waals surface area contributed by atoms with Crippen LogP contribution in [0, 0.1) is 11.3 Å². The molecular formula is C12H17N3O2. The third kappa shape index (κ3) is 4.02. The molecule has 1 heterocycles. The first-order valence-electron chi connectivity index (χ1n) is 5.41. The van der Waals surface area contributed by atoms with E-state index < -0.39 is 0 Å². The van der Waals surface area contributed by atoms with Gasteiger partial charge >= 0.3 is 0 Å². The molecule has 0 saturated heterocycles. The molecule has 0 fully saturated rings. The molecule has 0 aliphatic rings. The first kappa shape index (κ1) is 13.4. The number of hydrogen-bond acceptors (Lipinski definition) is 5. The third-order valence-corrected chi connectivity index (χ3v) is 2.36. The molecule has 1 aromatic rings. The van der Waals surface area contributed by atoms with Crippen molar-refractivity contribution in [3.05, 3.63) is 24.0 Å². The molecule has 0 amide bonds. The number of ether oxygens (including phenoxy) is 2. The van der Waals surface area contributed by atoms with Crippen molar-refractivity contribution >= 4 is 5.69 Å². The van der Waals surface area contributed by atoms with E-state index in [4.69, 9.17) is 14.7 Å². The molecule has 0 aliphatic heterocycles. The summed E-state index contributed by atoms with van der Waals surface area (Å²) in [6.07, 6.45) is 1.62. The normalized spacial score (nSPS) is 9.94. The highest BCUT2D eigenvalue weighted by Gasteiger charge is 2.11. The van der Waals surface area contributed by atoms with Crippen molar-refractivity contribution in [1.29, 1.82) is 5.26 Å². The molecule has 0 spiro atoms. The number of methoxy groups -OCH3 is 2. The largest absolute Gasteiger partial charge is 0.383 e. The van der Waals surface area contributed by atoms with Gasteiger partial charge in [-0.15, -0.1) is 0 Å². The monoisotopic (exact) mass is 235 g/mol. The van der Waals surface area contributed by atoms with E-state index in [-0.39, 0.29) is 0 Å². The van der Waals surface area contributed by atoms with Crippen LogP contribution in [0.2, 0.25) is 0 Å². The lowest BCUT2D eigenvalue weighted by Crippen LogP contribution is -2.31. The Morgan fingerprint density at radius 2 is 1.94 bits per heavy atom. The van der Waals surface area contributed by atoms with Crippen LogP contribution in [0.4, 0.5) is 5.69 Å². The highest BCUT2D eigenvalue weighted by molar-refractivity contribution is 5.55. The zero-order chi connectivity index (χ0) is 12.5. The summed E-state index contributed by atoms with van der Waals surface area (Å²) in [4.78, 5) is 6.09. The number of hydrogen-bond donors (Lipinski definition) is 0. The zero-order valence-corrected chi connectivity index (χ0v) is 10.2. The van der Waals surface area contributed by atoms with Crippen molar-refractivity contribution in [2.24, 2.45) is 0 Å². The molecular weight excluding hydrogens is 218 g/mol. The van der Waals surface area contributed by atoms with Gasteiger partial charge in [-0.05, 0) is 12.1 Å². The third-order valence-electron chi connectivity index (χ3n) is 2.36. The molecule has 1 rings (SSSR count). The van der Waals surface area contributed by atoms with Crippen molar-refractivity contribution in [2.45, 2.75) is 0 Å². The molecule has 0 radical (unpaired) electrons. The van der Waals surface area contributed by atoms with E-state index in [0.717, 1.165) is 5.69 Å². The van der Waals surface area contributed by atoms with Crippen LogP contribution in [-0.2, 0) is 9.47 Å². The first-order valence-corrected chi connectivity index (χ1v) is 5.41. The second kappa shape index (κ2) is 7.60. The number of nitrogens with zero attached hydrogens (tertiary/aromatic N) is 3. The molecule has 0 aromatic carbocycles. The van der Waals surface area contributed by atoms with Crippen LogP contribution in [0.15, 0.2) is 18.3 Å². The van der Waals surface area contributed by atoms with Gasteiger partial charge in [-0.1, -0.05) is 0 Å². The van der Waals surface area contributed by atoms with E-state index in [1.165, 1.54) is 0 Å². The Balaban J connectivity index is 2.83. The van der Waals surface area contributed by atoms with E-state index in [9.17, 15) is 0 Å². The van der Waals surface area contributed by atoms with E-state index in [1.54, 1.807) is 20.4 Å². The summed E-state index contributed by atoms with van der Waals surface area (Å²) in [5.74, 6) is 0. The van der Waals surface area contributed by atoms with E-state index in [1.807, 2.05) is 17.0 Å². The average molecular weight is 235 g/mol. The van der Waals surface area contributed by atoms with Gasteiger partial charge in [0.1, 0.15) is 6.07 Å². The summed E-state index contributed by atoms with van der Waals surface area (Å²) >= 11 is 0. The summed E-state index contributed by atoms with van der Waals surface area (Å²) in [6.45, 7) is 2.62. The van der Waals surface area contributed by atoms with Crippen molar-refractivity contribution in [3.63, 3.8) is 0 Å². The predicted octanol–water partition coefficient (Wildman–Crippen LogP) is 1.05. The molecule has 0 bridgehead atoms. The van der Waals surface area contributed by atoms with Crippen molar-refractivity contribution < 1.29 is 9.47 Å². The number of pyridine rings is 1. The number of nitriles is 1. The Hall–Kier alpha value is -1.64. The smallest absolute Gasteiger partial charge is 0.163 e. The predicted molar refractivity (Wildman–Crippen MR) is 64.9 cm³/mol. The molecule has 5 nitrogen and oxygen atoms in total. The molecule has 0 atom stereocenters. The highest BCUT2D eigenvalue weighted by Crippen LogP contribution is 2.16. The molecule has 0 N–H and O–H groups in total. The number of rotatable bonds is 7. The van der Waals surface area contributed by atoms with Gasteiger partial charge in [-0.3, -0.25) is 0 Å². The Morgan fingerprint density at radius 3 is 2.47 bits per heavy atom. The standard InChI is InChI=1S/C12H17N3O2/c1-16-8-6-15(7-9-17-2)12-4-3-5-14-11(12)10-13/h3-5H,6-9H2,1-2H3. The van der Waals surface area contributed by atoms with Crippen LogP contribution in [0.3, 0.4) is 0 Å². The minimum atomic E-state index is 0.430. The maximum absolute atomic E-state index is 9.02. The van der Waals surface area contributed by atoms with Gasteiger partial charge in [0.05, 0.1) is 18.9 Å². The summed E-state index contributed by atoms with van der Waals surface area (Å²) < 4.78 is 10.1. The van der Waals surface area contributed by atoms with Gasteiger partial charge in [-0.2, -0.15) is 5.26 Å². The Kier molecular flexibility index (Phi) is 6.00. The fourth-order valence-electron chi connectivity index (χ4n) is 1.49. The van der Waals surface area contributed by atoms with Gasteiger partial charge in [0, 0.05) is 33.5 Å². The quantitative estimate of drug-likeness (QED) is 0.707. The van der Waals surface area contributed by atoms with Crippen LogP contribution < -0.4 is 4.90 Å². The lowest BCUT2D eigenvalue weighted by atomic mass is 10.2. The van der Waals surface area contributed by atoms with Gasteiger partial charge in [0.2, 0.25) is 0 Å². The van der Waals surface area contributed by atoms with Crippen molar-refractivity contribution in [1.82, 2.24) is 4.98 Å². The van der Waals surface area contributed by atoms with E-state index in [0.29, 0.717) is 32.0 Å². The zero-order valence-electron chi connectivity index (χ0n) is 10.2. The summed E-state index contributed by atoms with van der Waals surface area (Å²) in [5, 5.41) is 9.02. The molecule has 92 valence electrons. The maximum atomic E-state index is 9.02. The lowest BCUT2D eigenvalue weighted by molar-refractivity contribution is 0.190. The van der Waals surface area contributed by atoms with Crippen LogP contribution in [0.5, 0.6) is 0 Å². The SMILES string of the molecule is COCCN(CCOC)c1cccnc1C#N. The van der Waals surface area contributed by atoms with Crippen molar-refractivity contribution in [3.8, 4) is 6.07 Å². The summed E-state index contributed by atoms with van der Waals surface area (Å²) in [5.41, 5.74) is 1.25. The lowest BCUT2D eigenvalue weighted by Gasteiger charge is -2.24. The molecule has 0 aliphatic carbocycles. The number of aromatic nitrogens is 1. The molecule has 0 unspecified atom stereocenters. The topological polar surface area (TPSA) is 58.4 Å². The minimum Gasteiger partial charge on any atom is -0.383 e. The molecule has 17 heavy (non-hydrogen) atoms. The molecule has 5 heteroatoms. The highest BCUT2D eigenvalue weighted by atomic mass is 16.5. The van der Waals surface area contributed by atoms with Crippen LogP contribution in [0.25, 0.3) is 0 Å². The Bertz CT molecular complexity index is 368. The second-order valence-corrected chi connectivity index (χ2v) is 3.46.